The number of pyridine rings is 2. The van der Waals surface area contributed by atoms with Gasteiger partial charge in [0, 0.05) is 79.7 Å². The van der Waals surface area contributed by atoms with Gasteiger partial charge < -0.3 is 15.2 Å². The number of alkyl halides is 6. The number of hydrogen-bond acceptors (Lipinski definition) is 7. The van der Waals surface area contributed by atoms with Gasteiger partial charge in [-0.3, -0.25) is 23.7 Å². The van der Waals surface area contributed by atoms with Crippen molar-refractivity contribution in [3.63, 3.8) is 0 Å². The molecule has 0 radical (unpaired) electrons. The highest BCUT2D eigenvalue weighted by atomic mass is 35.5. The Bertz CT molecular complexity index is 2650. The van der Waals surface area contributed by atoms with E-state index in [9.17, 15) is 36.3 Å². The Kier molecular flexibility index (Phi) is 11.2. The quantitative estimate of drug-likeness (QED) is 0.0957. The summed E-state index contributed by atoms with van der Waals surface area (Å²) in [5, 5.41) is 18.0. The van der Waals surface area contributed by atoms with Crippen LogP contribution in [0.4, 0.5) is 26.3 Å². The number of hydrogen-bond donors (Lipinski definition) is 2. The molecule has 13 nitrogen and oxygen atoms in total. The fourth-order valence-corrected chi connectivity index (χ4v) is 7.86. The maximum atomic E-state index is 15.9. The third-order valence-electron chi connectivity index (χ3n) is 10.6. The molecule has 2 amide bonds. The zero-order valence-corrected chi connectivity index (χ0v) is 33.4. The maximum absolute atomic E-state index is 15.9. The molecule has 1 saturated carbocycles. The van der Waals surface area contributed by atoms with Gasteiger partial charge in [0.25, 0.3) is 0 Å². The van der Waals surface area contributed by atoms with E-state index in [1.807, 2.05) is 6.07 Å². The molecule has 0 unspecified atom stereocenters. The molecule has 7 rings (SSSR count). The van der Waals surface area contributed by atoms with Crippen molar-refractivity contribution in [2.45, 2.75) is 69.9 Å². The molecule has 20 heteroatoms. The van der Waals surface area contributed by atoms with Crippen LogP contribution in [-0.2, 0) is 42.8 Å². The summed E-state index contributed by atoms with van der Waals surface area (Å²) in [4.78, 5) is 44.8. The number of nitrogens with zero attached hydrogens (tertiary/aromatic N) is 8. The average Bonchev–Trinajstić information content (AvgIpc) is 3.47. The zero-order valence-electron chi connectivity index (χ0n) is 32.6. The summed E-state index contributed by atoms with van der Waals surface area (Å²) in [6, 6.07) is 8.49. The molecule has 1 aromatic carbocycles. The van der Waals surface area contributed by atoms with Crippen molar-refractivity contribution in [3.05, 3.63) is 106 Å². The van der Waals surface area contributed by atoms with Crippen molar-refractivity contribution >= 4 is 34.4 Å². The molecular weight excluding hydrogens is 818 g/mol. The molecule has 1 fully saturated rings. The van der Waals surface area contributed by atoms with Gasteiger partial charge in [-0.2, -0.15) is 37.2 Å². The van der Waals surface area contributed by atoms with Crippen LogP contribution < -0.4 is 16.2 Å². The third kappa shape index (κ3) is 8.66. The van der Waals surface area contributed by atoms with Gasteiger partial charge in [-0.15, -0.1) is 11.6 Å². The minimum atomic E-state index is -4.82. The summed E-state index contributed by atoms with van der Waals surface area (Å²) in [5.74, 6) is -2.58. The first-order valence-corrected chi connectivity index (χ1v) is 19.2. The highest BCUT2D eigenvalue weighted by Crippen LogP contribution is 2.62. The fraction of sp³-hybridized carbons (Fsp3) is 0.375. The lowest BCUT2D eigenvalue weighted by molar-refractivity contribution is -0.141. The molecular formula is C40H39ClF6N10O3. The average molecular weight is 857 g/mol. The Hall–Kier alpha value is -5.98. The molecule has 5 aromatic heterocycles. The second kappa shape index (κ2) is 15.9. The lowest BCUT2D eigenvalue weighted by atomic mass is 9.93. The molecule has 316 valence electrons. The lowest BCUT2D eigenvalue weighted by Gasteiger charge is -2.30. The standard InChI is InChI=1S/C40H39ClF6N10O3/c1-38(2,21-57-31(14-32(52-57)40(45,46)47)24-6-8-33(58)54(3)19-24)51-35(59)30(11-22-16-49-56(18-22)37(43)44)50-36(60)39(9-10-41)15-28(39)27-7-5-23(13-29(27)42)25-12-26-20-55(4)53-34(26)48-17-25/h5-8,12-14,16-20,28,30,37H,9-11,15,21H2,1-4H3,(H,50,60)(H,51,59)/t28-,30-,39+/m1/s1. The first-order valence-electron chi connectivity index (χ1n) is 18.7. The van der Waals surface area contributed by atoms with Gasteiger partial charge >= 0.3 is 12.7 Å². The van der Waals surface area contributed by atoms with Crippen molar-refractivity contribution in [2.24, 2.45) is 19.5 Å². The van der Waals surface area contributed by atoms with E-state index in [4.69, 9.17) is 11.6 Å². The van der Waals surface area contributed by atoms with Gasteiger partial charge in [0.15, 0.2) is 11.3 Å². The molecule has 1 aliphatic rings. The van der Waals surface area contributed by atoms with Crippen molar-refractivity contribution in [1.29, 1.82) is 0 Å². The van der Waals surface area contributed by atoms with Crippen molar-refractivity contribution in [1.82, 2.24) is 49.5 Å². The van der Waals surface area contributed by atoms with E-state index in [2.05, 4.69) is 30.9 Å². The lowest BCUT2D eigenvalue weighted by Crippen LogP contribution is -2.56. The molecule has 0 spiro atoms. The van der Waals surface area contributed by atoms with E-state index in [1.165, 1.54) is 49.9 Å². The van der Waals surface area contributed by atoms with E-state index in [0.29, 0.717) is 21.5 Å². The molecule has 6 aromatic rings. The number of halogens is 7. The van der Waals surface area contributed by atoms with Crippen LogP contribution in [0.2, 0.25) is 0 Å². The Morgan fingerprint density at radius 2 is 1.73 bits per heavy atom. The summed E-state index contributed by atoms with van der Waals surface area (Å²) in [6.45, 7) is -0.231. The summed E-state index contributed by atoms with van der Waals surface area (Å²) >= 11 is 6.20. The van der Waals surface area contributed by atoms with Crippen LogP contribution in [0.1, 0.15) is 56.0 Å². The van der Waals surface area contributed by atoms with Crippen molar-refractivity contribution < 1.29 is 35.9 Å². The fourth-order valence-electron chi connectivity index (χ4n) is 7.53. The van der Waals surface area contributed by atoms with Crippen LogP contribution in [0.5, 0.6) is 0 Å². The van der Waals surface area contributed by atoms with Crippen LogP contribution in [0.25, 0.3) is 33.4 Å². The highest BCUT2D eigenvalue weighted by Gasteiger charge is 2.60. The third-order valence-corrected chi connectivity index (χ3v) is 10.8. The number of rotatable bonds is 14. The number of nitrogens with one attached hydrogen (secondary N) is 2. The number of amides is 2. The number of aryl methyl sites for hydroxylation is 2. The summed E-state index contributed by atoms with van der Waals surface area (Å²) in [6.07, 6.45) is 2.08. The van der Waals surface area contributed by atoms with Gasteiger partial charge in [-0.1, -0.05) is 12.1 Å². The molecule has 3 atom stereocenters. The monoisotopic (exact) mass is 856 g/mol. The van der Waals surface area contributed by atoms with Gasteiger partial charge in [0.1, 0.15) is 11.9 Å². The topological polar surface area (TPSA) is 147 Å². The Morgan fingerprint density at radius 3 is 2.40 bits per heavy atom. The minimum absolute atomic E-state index is 0.0128. The van der Waals surface area contributed by atoms with Crippen molar-refractivity contribution in [3.8, 4) is 22.4 Å². The Balaban J connectivity index is 1.14. The van der Waals surface area contributed by atoms with E-state index >= 15 is 4.39 Å². The summed E-state index contributed by atoms with van der Waals surface area (Å²) in [7, 11) is 3.21. The van der Waals surface area contributed by atoms with E-state index in [1.54, 1.807) is 36.3 Å². The predicted octanol–water partition coefficient (Wildman–Crippen LogP) is 6.37. The van der Waals surface area contributed by atoms with E-state index in [-0.39, 0.29) is 59.6 Å². The number of aromatic nitrogens is 8. The number of benzene rings is 1. The second-order valence-electron chi connectivity index (χ2n) is 15.7. The largest absolute Gasteiger partial charge is 0.435 e. The first kappa shape index (κ1) is 42.2. The van der Waals surface area contributed by atoms with Crippen LogP contribution in [0.3, 0.4) is 0 Å². The van der Waals surface area contributed by atoms with Gasteiger partial charge in [0.2, 0.25) is 17.4 Å². The van der Waals surface area contributed by atoms with Gasteiger partial charge in [-0.25, -0.2) is 14.1 Å². The maximum Gasteiger partial charge on any atom is 0.435 e. The Morgan fingerprint density at radius 1 is 0.983 bits per heavy atom. The highest BCUT2D eigenvalue weighted by molar-refractivity contribution is 6.18. The smallest absolute Gasteiger partial charge is 0.348 e. The van der Waals surface area contributed by atoms with Gasteiger partial charge in [-0.05, 0) is 67.6 Å². The second-order valence-corrected chi connectivity index (χ2v) is 16.1. The molecule has 0 saturated heterocycles. The molecule has 60 heavy (non-hydrogen) atoms. The van der Waals surface area contributed by atoms with Crippen LogP contribution in [0, 0.1) is 11.2 Å². The SMILES string of the molecule is Cn1cc2cc(-c3ccc([C@H]4C[C@]4(CCCl)C(=O)N[C@H](Cc4cnn(C(F)F)c4)C(=O)NC(C)(C)Cn4nc(C(F)(F)F)cc4-c4ccc(=O)n(C)c4)c(F)c3)cnc2n1. The number of carbonyl (C=O) groups is 2. The van der Waals surface area contributed by atoms with Crippen LogP contribution >= 0.6 is 11.6 Å². The summed E-state index contributed by atoms with van der Waals surface area (Å²) < 4.78 is 88.8. The van der Waals surface area contributed by atoms with Crippen LogP contribution in [-0.4, -0.2) is 68.2 Å². The number of fused-ring (bicyclic) bond motifs is 1. The predicted molar refractivity (Wildman–Crippen MR) is 208 cm³/mol. The van der Waals surface area contributed by atoms with E-state index < -0.39 is 59.0 Å². The number of carbonyl (C=O) groups excluding carboxylic acids is 2. The molecule has 0 bridgehead atoms. The molecule has 1 aliphatic carbocycles. The van der Waals surface area contributed by atoms with Gasteiger partial charge in [0.05, 0.1) is 29.4 Å². The van der Waals surface area contributed by atoms with Crippen molar-refractivity contribution in [2.75, 3.05) is 5.88 Å². The minimum Gasteiger partial charge on any atom is -0.348 e. The normalized spacial score (nSPS) is 17.3. The van der Waals surface area contributed by atoms with E-state index in [0.717, 1.165) is 28.5 Å². The van der Waals surface area contributed by atoms with Crippen LogP contribution in [0.15, 0.2) is 78.2 Å². The Labute approximate surface area is 343 Å². The summed E-state index contributed by atoms with van der Waals surface area (Å²) in [5.41, 5.74) is -1.70. The zero-order chi connectivity index (χ0) is 43.3. The first-order chi connectivity index (χ1) is 28.3. The molecule has 2 N–H and O–H groups in total. The molecule has 0 aliphatic heterocycles. The molecule has 5 heterocycles.